The number of ether oxygens (including phenoxy) is 1. The van der Waals surface area contributed by atoms with Gasteiger partial charge in [0.25, 0.3) is 0 Å². The summed E-state index contributed by atoms with van der Waals surface area (Å²) in [6, 6.07) is 0. The Morgan fingerprint density at radius 2 is 1.69 bits per heavy atom. The van der Waals surface area contributed by atoms with Gasteiger partial charge < -0.3 is 4.74 Å². The first kappa shape index (κ1) is 24.0. The SMILES string of the molecule is CC(=O)OC1CC[C@@]2(C)C(C1)C(=O)C=C1[C@@H]3CC[C@H]([C@H](C)CCCC(C)C)[C@@]3(C)CC[C@@H]12. The molecule has 0 spiro atoms. The van der Waals surface area contributed by atoms with Gasteiger partial charge in [0.05, 0.1) is 0 Å². The van der Waals surface area contributed by atoms with Crippen LogP contribution in [0.25, 0.3) is 0 Å². The Bertz CT molecular complexity index is 766. The number of hydrogen-bond acceptors (Lipinski definition) is 3. The number of rotatable bonds is 6. The summed E-state index contributed by atoms with van der Waals surface area (Å²) in [5.74, 6) is 3.62. The van der Waals surface area contributed by atoms with Crippen LogP contribution < -0.4 is 0 Å². The number of hydrogen-bond donors (Lipinski definition) is 0. The quantitative estimate of drug-likeness (QED) is 0.411. The molecule has 0 aromatic heterocycles. The van der Waals surface area contributed by atoms with E-state index in [4.69, 9.17) is 4.74 Å². The molecule has 180 valence electrons. The van der Waals surface area contributed by atoms with Crippen LogP contribution in [-0.2, 0) is 14.3 Å². The second-order valence-electron chi connectivity index (χ2n) is 12.7. The lowest BCUT2D eigenvalue weighted by molar-refractivity contribution is -0.155. The first-order valence-corrected chi connectivity index (χ1v) is 13.5. The van der Waals surface area contributed by atoms with Crippen molar-refractivity contribution in [3.8, 4) is 0 Å². The molecule has 4 aliphatic carbocycles. The summed E-state index contributed by atoms with van der Waals surface area (Å²) >= 11 is 0. The molecule has 0 saturated heterocycles. The van der Waals surface area contributed by atoms with Crippen LogP contribution in [0.15, 0.2) is 11.6 Å². The second kappa shape index (κ2) is 8.91. The number of ketones is 1. The van der Waals surface area contributed by atoms with Crippen molar-refractivity contribution >= 4 is 11.8 Å². The van der Waals surface area contributed by atoms with Crippen molar-refractivity contribution in [3.63, 3.8) is 0 Å². The van der Waals surface area contributed by atoms with Crippen molar-refractivity contribution < 1.29 is 14.3 Å². The molecule has 32 heavy (non-hydrogen) atoms. The summed E-state index contributed by atoms with van der Waals surface area (Å²) in [5, 5.41) is 0. The largest absolute Gasteiger partial charge is 0.463 e. The van der Waals surface area contributed by atoms with Crippen LogP contribution in [-0.4, -0.2) is 17.9 Å². The molecule has 8 atom stereocenters. The summed E-state index contributed by atoms with van der Waals surface area (Å²) in [6.07, 6.45) is 13.8. The molecule has 0 aromatic carbocycles. The normalized spacial score (nSPS) is 42.0. The van der Waals surface area contributed by atoms with Gasteiger partial charge in [0, 0.05) is 12.8 Å². The maximum atomic E-state index is 13.4. The van der Waals surface area contributed by atoms with Crippen LogP contribution in [0.4, 0.5) is 0 Å². The fourth-order valence-electron chi connectivity index (χ4n) is 8.69. The number of carbonyl (C=O) groups is 2. The monoisotopic (exact) mass is 442 g/mol. The maximum Gasteiger partial charge on any atom is 0.302 e. The summed E-state index contributed by atoms with van der Waals surface area (Å²) in [7, 11) is 0. The molecular weight excluding hydrogens is 396 g/mol. The number of carbonyl (C=O) groups excluding carboxylic acids is 2. The predicted octanol–water partition coefficient (Wildman–Crippen LogP) is 7.14. The van der Waals surface area contributed by atoms with Gasteiger partial charge in [-0.05, 0) is 91.4 Å². The molecule has 0 heterocycles. The highest BCUT2D eigenvalue weighted by atomic mass is 16.5. The Kier molecular flexibility index (Phi) is 6.69. The molecule has 0 bridgehead atoms. The van der Waals surface area contributed by atoms with Gasteiger partial charge in [-0.3, -0.25) is 9.59 Å². The minimum absolute atomic E-state index is 0.0193. The molecule has 0 amide bonds. The highest BCUT2D eigenvalue weighted by Gasteiger charge is 2.59. The summed E-state index contributed by atoms with van der Waals surface area (Å²) < 4.78 is 5.53. The van der Waals surface area contributed by atoms with E-state index in [2.05, 4.69) is 40.7 Å². The van der Waals surface area contributed by atoms with Crippen molar-refractivity contribution in [3.05, 3.63) is 11.6 Å². The molecular formula is C29H46O3. The van der Waals surface area contributed by atoms with E-state index < -0.39 is 0 Å². The van der Waals surface area contributed by atoms with Crippen molar-refractivity contribution in [2.75, 3.05) is 0 Å². The topological polar surface area (TPSA) is 43.4 Å². The van der Waals surface area contributed by atoms with E-state index in [1.54, 1.807) is 0 Å². The molecule has 0 aliphatic heterocycles. The Hall–Kier alpha value is -1.12. The van der Waals surface area contributed by atoms with E-state index in [0.717, 1.165) is 30.6 Å². The van der Waals surface area contributed by atoms with Crippen LogP contribution >= 0.6 is 0 Å². The average Bonchev–Trinajstić information content (AvgIpc) is 3.06. The standard InChI is InChI=1S/C29H46O3/c1-18(2)8-7-9-19(3)23-10-11-24-22-17-27(31)26-16-21(32-20(4)30)12-14-29(26,6)25(22)13-15-28(23,24)5/h17-19,21,23-26H,7-16H2,1-6H3/t19-,21?,23-,24+,25+,26?,28-,29-/m1/s1. The van der Waals surface area contributed by atoms with E-state index in [0.29, 0.717) is 29.5 Å². The van der Waals surface area contributed by atoms with Crippen LogP contribution in [0.2, 0.25) is 0 Å². The van der Waals surface area contributed by atoms with E-state index in [-0.39, 0.29) is 23.4 Å². The third-order valence-electron chi connectivity index (χ3n) is 10.4. The van der Waals surface area contributed by atoms with Gasteiger partial charge in [0.2, 0.25) is 0 Å². The zero-order valence-corrected chi connectivity index (χ0v) is 21.4. The van der Waals surface area contributed by atoms with E-state index in [1.165, 1.54) is 57.4 Å². The average molecular weight is 443 g/mol. The molecule has 0 aromatic rings. The van der Waals surface area contributed by atoms with Gasteiger partial charge in [-0.25, -0.2) is 0 Å². The first-order chi connectivity index (χ1) is 15.1. The molecule has 0 radical (unpaired) electrons. The van der Waals surface area contributed by atoms with E-state index in [1.807, 2.05) is 0 Å². The summed E-state index contributed by atoms with van der Waals surface area (Å²) in [5.41, 5.74) is 1.91. The van der Waals surface area contributed by atoms with Crippen LogP contribution in [0, 0.1) is 46.3 Å². The fraction of sp³-hybridized carbons (Fsp3) is 0.862. The Labute approximate surface area is 196 Å². The third kappa shape index (κ3) is 4.11. The second-order valence-corrected chi connectivity index (χ2v) is 12.7. The smallest absolute Gasteiger partial charge is 0.302 e. The van der Waals surface area contributed by atoms with E-state index >= 15 is 0 Å². The zero-order valence-electron chi connectivity index (χ0n) is 21.4. The lowest BCUT2D eigenvalue weighted by atomic mass is 9.47. The first-order valence-electron chi connectivity index (χ1n) is 13.5. The van der Waals surface area contributed by atoms with Crippen LogP contribution in [0.5, 0.6) is 0 Å². The van der Waals surface area contributed by atoms with Gasteiger partial charge >= 0.3 is 5.97 Å². The lowest BCUT2D eigenvalue weighted by Gasteiger charge is -2.57. The van der Waals surface area contributed by atoms with Crippen molar-refractivity contribution in [2.45, 2.75) is 112 Å². The van der Waals surface area contributed by atoms with Gasteiger partial charge in [-0.2, -0.15) is 0 Å². The molecule has 4 rings (SSSR count). The Morgan fingerprint density at radius 1 is 1.00 bits per heavy atom. The summed E-state index contributed by atoms with van der Waals surface area (Å²) in [6.45, 7) is 13.6. The summed E-state index contributed by atoms with van der Waals surface area (Å²) in [4.78, 5) is 24.9. The molecule has 3 saturated carbocycles. The number of allylic oxidation sites excluding steroid dienone is 2. The van der Waals surface area contributed by atoms with Crippen molar-refractivity contribution in [2.24, 2.45) is 46.3 Å². The van der Waals surface area contributed by atoms with Crippen molar-refractivity contribution in [1.29, 1.82) is 0 Å². The minimum atomic E-state index is -0.217. The molecule has 0 N–H and O–H groups in total. The van der Waals surface area contributed by atoms with Gasteiger partial charge in [0.15, 0.2) is 5.78 Å². The van der Waals surface area contributed by atoms with Gasteiger partial charge in [-0.15, -0.1) is 0 Å². The molecule has 3 heteroatoms. The molecule has 4 aliphatic rings. The van der Waals surface area contributed by atoms with Gasteiger partial charge in [-0.1, -0.05) is 59.5 Å². The highest BCUT2D eigenvalue weighted by Crippen LogP contribution is 2.66. The van der Waals surface area contributed by atoms with Crippen molar-refractivity contribution in [1.82, 2.24) is 0 Å². The Morgan fingerprint density at radius 3 is 2.38 bits per heavy atom. The molecule has 3 nitrogen and oxygen atoms in total. The third-order valence-corrected chi connectivity index (χ3v) is 10.4. The molecule has 2 unspecified atom stereocenters. The lowest BCUT2D eigenvalue weighted by Crippen LogP contribution is -2.53. The van der Waals surface area contributed by atoms with Gasteiger partial charge in [0.1, 0.15) is 6.10 Å². The highest BCUT2D eigenvalue weighted by molar-refractivity contribution is 5.94. The Balaban J connectivity index is 1.52. The fourth-order valence-corrected chi connectivity index (χ4v) is 8.69. The number of esters is 1. The van der Waals surface area contributed by atoms with Crippen LogP contribution in [0.3, 0.4) is 0 Å². The minimum Gasteiger partial charge on any atom is -0.463 e. The maximum absolute atomic E-state index is 13.4. The number of fused-ring (bicyclic) bond motifs is 5. The molecule has 3 fully saturated rings. The van der Waals surface area contributed by atoms with E-state index in [9.17, 15) is 9.59 Å². The zero-order chi connectivity index (χ0) is 23.3. The predicted molar refractivity (Wildman–Crippen MR) is 129 cm³/mol. The van der Waals surface area contributed by atoms with Crippen LogP contribution in [0.1, 0.15) is 106 Å².